The molecule has 0 spiro atoms. The van der Waals surface area contributed by atoms with Crippen molar-refractivity contribution in [2.75, 3.05) is 6.54 Å². The van der Waals surface area contributed by atoms with E-state index in [1.165, 1.54) is 0 Å². The van der Waals surface area contributed by atoms with Crippen LogP contribution in [0.2, 0.25) is 5.02 Å². The Kier molecular flexibility index (Phi) is 4.70. The highest BCUT2D eigenvalue weighted by atomic mass is 35.5. The fourth-order valence-corrected chi connectivity index (χ4v) is 1.58. The molecule has 0 aliphatic rings. The molecule has 1 aromatic rings. The Morgan fingerprint density at radius 2 is 2.00 bits per heavy atom. The maximum atomic E-state index is 11.8. The Balaban J connectivity index is 2.68. The average molecular weight is 254 g/mol. The first-order chi connectivity index (χ1) is 7.91. The van der Waals surface area contributed by atoms with Crippen LogP contribution >= 0.6 is 11.6 Å². The molecular weight excluding hydrogens is 238 g/mol. The Labute approximate surface area is 106 Å². The number of Topliss-reactive ketones (excluding diaryl/α,β-unsaturated/α-hetero) is 1. The van der Waals surface area contributed by atoms with Crippen LogP contribution < -0.4 is 5.32 Å². The fraction of sp³-hybridized carbons (Fsp3) is 0.385. The Morgan fingerprint density at radius 1 is 1.35 bits per heavy atom. The largest absolute Gasteiger partial charge is 0.345 e. The lowest BCUT2D eigenvalue weighted by Crippen LogP contribution is -2.31. The van der Waals surface area contributed by atoms with Crippen molar-refractivity contribution in [3.63, 3.8) is 0 Å². The highest BCUT2D eigenvalue weighted by Gasteiger charge is 2.12. The van der Waals surface area contributed by atoms with E-state index in [2.05, 4.69) is 5.32 Å². The van der Waals surface area contributed by atoms with Crippen molar-refractivity contribution in [3.8, 4) is 0 Å². The van der Waals surface area contributed by atoms with Gasteiger partial charge in [-0.15, -0.1) is 0 Å². The second-order valence-electron chi connectivity index (χ2n) is 4.26. The van der Waals surface area contributed by atoms with Crippen LogP contribution in [0.4, 0.5) is 0 Å². The Hall–Kier alpha value is -1.35. The Bertz CT molecular complexity index is 441. The van der Waals surface area contributed by atoms with Gasteiger partial charge in [0.05, 0.1) is 6.54 Å². The predicted molar refractivity (Wildman–Crippen MR) is 68.4 cm³/mol. The minimum atomic E-state index is -0.242. The van der Waals surface area contributed by atoms with Gasteiger partial charge in [0.25, 0.3) is 5.91 Å². The van der Waals surface area contributed by atoms with E-state index in [1.54, 1.807) is 18.2 Å². The van der Waals surface area contributed by atoms with E-state index in [9.17, 15) is 9.59 Å². The van der Waals surface area contributed by atoms with Gasteiger partial charge >= 0.3 is 0 Å². The molecule has 3 nitrogen and oxygen atoms in total. The third-order valence-electron chi connectivity index (χ3n) is 2.50. The van der Waals surface area contributed by atoms with Crippen LogP contribution in [0.3, 0.4) is 0 Å². The summed E-state index contributed by atoms with van der Waals surface area (Å²) in [6.07, 6.45) is 0. The van der Waals surface area contributed by atoms with Gasteiger partial charge < -0.3 is 5.32 Å². The topological polar surface area (TPSA) is 46.2 Å². The molecule has 1 aromatic carbocycles. The first-order valence-electron chi connectivity index (χ1n) is 5.49. The van der Waals surface area contributed by atoms with E-state index in [4.69, 9.17) is 11.6 Å². The van der Waals surface area contributed by atoms with Crippen LogP contribution in [-0.4, -0.2) is 18.2 Å². The van der Waals surface area contributed by atoms with Crippen LogP contribution in [0.5, 0.6) is 0 Å². The van der Waals surface area contributed by atoms with Crippen LogP contribution in [0.15, 0.2) is 18.2 Å². The molecule has 4 heteroatoms. The monoisotopic (exact) mass is 253 g/mol. The average Bonchev–Trinajstić information content (AvgIpc) is 2.25. The quantitative estimate of drug-likeness (QED) is 0.897. The molecule has 17 heavy (non-hydrogen) atoms. The van der Waals surface area contributed by atoms with E-state index < -0.39 is 0 Å². The number of benzene rings is 1. The molecule has 0 saturated heterocycles. The zero-order chi connectivity index (χ0) is 13.0. The molecule has 0 radical (unpaired) electrons. The molecule has 0 aromatic heterocycles. The summed E-state index contributed by atoms with van der Waals surface area (Å²) in [4.78, 5) is 23.2. The summed E-state index contributed by atoms with van der Waals surface area (Å²) in [5.74, 6) is -0.292. The number of nitrogens with one attached hydrogen (secondary N) is 1. The van der Waals surface area contributed by atoms with Gasteiger partial charge in [-0.2, -0.15) is 0 Å². The first-order valence-corrected chi connectivity index (χ1v) is 5.86. The van der Waals surface area contributed by atoms with Crippen molar-refractivity contribution < 1.29 is 9.59 Å². The molecule has 92 valence electrons. The lowest BCUT2D eigenvalue weighted by atomic mass is 10.1. The van der Waals surface area contributed by atoms with Crippen LogP contribution in [0.25, 0.3) is 0 Å². The van der Waals surface area contributed by atoms with Gasteiger partial charge in [-0.05, 0) is 30.7 Å². The maximum absolute atomic E-state index is 11.8. The zero-order valence-electron chi connectivity index (χ0n) is 10.2. The van der Waals surface area contributed by atoms with Gasteiger partial charge in [0.2, 0.25) is 0 Å². The normalized spacial score (nSPS) is 10.4. The van der Waals surface area contributed by atoms with Crippen LogP contribution in [-0.2, 0) is 4.79 Å². The number of hydrogen-bond acceptors (Lipinski definition) is 2. The molecule has 0 fully saturated rings. The molecule has 1 N–H and O–H groups in total. The number of ketones is 1. The van der Waals surface area contributed by atoms with Gasteiger partial charge in [0, 0.05) is 16.5 Å². The number of carbonyl (C=O) groups excluding carboxylic acids is 2. The fourth-order valence-electron chi connectivity index (χ4n) is 1.35. The minimum Gasteiger partial charge on any atom is -0.345 e. The van der Waals surface area contributed by atoms with Crippen molar-refractivity contribution in [1.29, 1.82) is 0 Å². The maximum Gasteiger partial charge on any atom is 0.251 e. The number of rotatable bonds is 4. The summed E-state index contributed by atoms with van der Waals surface area (Å²) in [6, 6.07) is 5.04. The van der Waals surface area contributed by atoms with Gasteiger partial charge in [-0.1, -0.05) is 25.4 Å². The molecule has 0 saturated carbocycles. The van der Waals surface area contributed by atoms with Crippen molar-refractivity contribution >= 4 is 23.3 Å². The molecular formula is C13H16ClNO2. The lowest BCUT2D eigenvalue weighted by molar-refractivity contribution is -0.120. The molecule has 1 rings (SSSR count). The van der Waals surface area contributed by atoms with Crippen molar-refractivity contribution in [2.24, 2.45) is 5.92 Å². The molecule has 0 aliphatic carbocycles. The first kappa shape index (κ1) is 13.7. The molecule has 0 aliphatic heterocycles. The van der Waals surface area contributed by atoms with Crippen molar-refractivity contribution in [2.45, 2.75) is 20.8 Å². The second kappa shape index (κ2) is 5.82. The SMILES string of the molecule is Cc1cc(Cl)ccc1C(=O)NCC(=O)C(C)C. The Morgan fingerprint density at radius 3 is 2.53 bits per heavy atom. The molecule has 0 bridgehead atoms. The summed E-state index contributed by atoms with van der Waals surface area (Å²) >= 11 is 5.80. The van der Waals surface area contributed by atoms with Gasteiger partial charge in [0.1, 0.15) is 0 Å². The summed E-state index contributed by atoms with van der Waals surface area (Å²) in [7, 11) is 0. The highest BCUT2D eigenvalue weighted by Crippen LogP contribution is 2.14. The van der Waals surface area contributed by atoms with Crippen molar-refractivity contribution in [3.05, 3.63) is 34.3 Å². The van der Waals surface area contributed by atoms with E-state index in [0.717, 1.165) is 5.56 Å². The summed E-state index contributed by atoms with van der Waals surface area (Å²) in [5.41, 5.74) is 1.35. The number of aryl methyl sites for hydroxylation is 1. The molecule has 1 amide bonds. The lowest BCUT2D eigenvalue weighted by Gasteiger charge is -2.08. The number of halogens is 1. The third kappa shape index (κ3) is 3.86. The third-order valence-corrected chi connectivity index (χ3v) is 2.74. The van der Waals surface area contributed by atoms with Gasteiger partial charge in [0.15, 0.2) is 5.78 Å². The van der Waals surface area contributed by atoms with Gasteiger partial charge in [-0.25, -0.2) is 0 Å². The number of amides is 1. The minimum absolute atomic E-state index is 0.0185. The predicted octanol–water partition coefficient (Wildman–Crippen LogP) is 2.60. The van der Waals surface area contributed by atoms with Crippen LogP contribution in [0, 0.1) is 12.8 Å². The van der Waals surface area contributed by atoms with Gasteiger partial charge in [-0.3, -0.25) is 9.59 Å². The molecule has 0 heterocycles. The summed E-state index contributed by atoms with van der Waals surface area (Å²) in [6.45, 7) is 5.49. The van der Waals surface area contributed by atoms with E-state index in [0.29, 0.717) is 10.6 Å². The summed E-state index contributed by atoms with van der Waals surface area (Å²) in [5, 5.41) is 3.20. The molecule has 0 unspecified atom stereocenters. The summed E-state index contributed by atoms with van der Waals surface area (Å²) < 4.78 is 0. The van der Waals surface area contributed by atoms with Crippen LogP contribution in [0.1, 0.15) is 29.8 Å². The zero-order valence-corrected chi connectivity index (χ0v) is 11.0. The van der Waals surface area contributed by atoms with E-state index >= 15 is 0 Å². The van der Waals surface area contributed by atoms with E-state index in [1.807, 2.05) is 20.8 Å². The van der Waals surface area contributed by atoms with Crippen molar-refractivity contribution in [1.82, 2.24) is 5.32 Å². The van der Waals surface area contributed by atoms with E-state index in [-0.39, 0.29) is 24.2 Å². The smallest absolute Gasteiger partial charge is 0.251 e. The molecule has 0 atom stereocenters. The highest BCUT2D eigenvalue weighted by molar-refractivity contribution is 6.30. The standard InChI is InChI=1S/C13H16ClNO2/c1-8(2)12(16)7-15-13(17)11-5-4-10(14)6-9(11)3/h4-6,8H,7H2,1-3H3,(H,15,17). The number of hydrogen-bond donors (Lipinski definition) is 1. The number of carbonyl (C=O) groups is 2. The second-order valence-corrected chi connectivity index (χ2v) is 4.70.